The quantitative estimate of drug-likeness (QED) is 0.674. The number of ether oxygens (including phenoxy) is 1. The topological polar surface area (TPSA) is 51.2 Å². The van der Waals surface area contributed by atoms with Crippen LogP contribution in [0.2, 0.25) is 0 Å². The standard InChI is InChI=1S/C20H20N2O2S/c23-19(21-12-11-16-7-3-1-4-8-16)13-17-15-25-20(22-17)14-24-18-9-5-2-6-10-18/h1-10,15H,11-14H2,(H,21,23). The maximum atomic E-state index is 12.0. The predicted molar refractivity (Wildman–Crippen MR) is 99.7 cm³/mol. The Labute approximate surface area is 151 Å². The molecular weight excluding hydrogens is 332 g/mol. The number of thiazole rings is 1. The van der Waals surface area contributed by atoms with E-state index >= 15 is 0 Å². The second kappa shape index (κ2) is 8.99. The maximum absolute atomic E-state index is 12.0. The van der Waals surface area contributed by atoms with E-state index in [4.69, 9.17) is 4.74 Å². The van der Waals surface area contributed by atoms with Crippen molar-refractivity contribution in [3.8, 4) is 5.75 Å². The molecule has 0 saturated carbocycles. The first kappa shape index (κ1) is 17.2. The van der Waals surface area contributed by atoms with Gasteiger partial charge in [-0.25, -0.2) is 4.98 Å². The van der Waals surface area contributed by atoms with E-state index in [2.05, 4.69) is 22.4 Å². The van der Waals surface area contributed by atoms with Crippen molar-refractivity contribution < 1.29 is 9.53 Å². The Kier molecular flexibility index (Phi) is 6.17. The number of nitrogens with one attached hydrogen (secondary N) is 1. The molecule has 0 aliphatic heterocycles. The second-order valence-corrected chi connectivity index (χ2v) is 6.54. The number of carbonyl (C=O) groups is 1. The number of hydrogen-bond donors (Lipinski definition) is 1. The summed E-state index contributed by atoms with van der Waals surface area (Å²) in [6.07, 6.45) is 1.14. The van der Waals surface area contributed by atoms with Gasteiger partial charge in [-0.15, -0.1) is 11.3 Å². The lowest BCUT2D eigenvalue weighted by Gasteiger charge is -2.04. The molecule has 3 aromatic rings. The highest BCUT2D eigenvalue weighted by molar-refractivity contribution is 7.09. The largest absolute Gasteiger partial charge is 0.486 e. The van der Waals surface area contributed by atoms with Gasteiger partial charge >= 0.3 is 0 Å². The summed E-state index contributed by atoms with van der Waals surface area (Å²) in [7, 11) is 0. The highest BCUT2D eigenvalue weighted by Crippen LogP contribution is 2.15. The van der Waals surface area contributed by atoms with Gasteiger partial charge in [0.15, 0.2) is 0 Å². The lowest BCUT2D eigenvalue weighted by molar-refractivity contribution is -0.120. The van der Waals surface area contributed by atoms with Crippen LogP contribution < -0.4 is 10.1 Å². The fourth-order valence-corrected chi connectivity index (χ4v) is 3.08. The second-order valence-electron chi connectivity index (χ2n) is 5.60. The Morgan fingerprint density at radius 1 is 1.04 bits per heavy atom. The molecule has 0 saturated heterocycles. The molecule has 0 atom stereocenters. The van der Waals surface area contributed by atoms with Gasteiger partial charge in [-0.05, 0) is 24.1 Å². The first-order valence-corrected chi connectivity index (χ1v) is 9.09. The molecule has 0 unspecified atom stereocenters. The van der Waals surface area contributed by atoms with Gasteiger partial charge < -0.3 is 10.1 Å². The van der Waals surface area contributed by atoms with Gasteiger partial charge in [-0.1, -0.05) is 48.5 Å². The van der Waals surface area contributed by atoms with Crippen LogP contribution in [0.15, 0.2) is 66.0 Å². The molecule has 1 heterocycles. The Bertz CT molecular complexity index is 788. The van der Waals surface area contributed by atoms with Crippen molar-refractivity contribution in [3.05, 3.63) is 82.3 Å². The minimum absolute atomic E-state index is 0.00300. The highest BCUT2D eigenvalue weighted by atomic mass is 32.1. The van der Waals surface area contributed by atoms with Crippen molar-refractivity contribution in [2.45, 2.75) is 19.4 Å². The summed E-state index contributed by atoms with van der Waals surface area (Å²) >= 11 is 1.52. The SMILES string of the molecule is O=C(Cc1csc(COc2ccccc2)n1)NCCc1ccccc1. The smallest absolute Gasteiger partial charge is 0.226 e. The average molecular weight is 352 g/mol. The fraction of sp³-hybridized carbons (Fsp3) is 0.200. The summed E-state index contributed by atoms with van der Waals surface area (Å²) in [5, 5.41) is 5.73. The van der Waals surface area contributed by atoms with Crippen LogP contribution in [0.1, 0.15) is 16.3 Å². The summed E-state index contributed by atoms with van der Waals surface area (Å²) in [5.41, 5.74) is 2.01. The van der Waals surface area contributed by atoms with Crippen LogP contribution in [0.4, 0.5) is 0 Å². The van der Waals surface area contributed by atoms with Gasteiger partial charge in [0, 0.05) is 11.9 Å². The van der Waals surface area contributed by atoms with E-state index in [9.17, 15) is 4.79 Å². The van der Waals surface area contributed by atoms with Crippen LogP contribution >= 0.6 is 11.3 Å². The van der Waals surface area contributed by atoms with Crippen molar-refractivity contribution in [1.82, 2.24) is 10.3 Å². The zero-order valence-electron chi connectivity index (χ0n) is 13.9. The van der Waals surface area contributed by atoms with Crippen LogP contribution in [0.3, 0.4) is 0 Å². The van der Waals surface area contributed by atoms with Crippen molar-refractivity contribution in [2.75, 3.05) is 6.54 Å². The molecule has 128 valence electrons. The van der Waals surface area contributed by atoms with Crippen LogP contribution in [-0.4, -0.2) is 17.4 Å². The summed E-state index contributed by atoms with van der Waals surface area (Å²) in [6, 6.07) is 19.8. The van der Waals surface area contributed by atoms with Crippen LogP contribution in [0, 0.1) is 0 Å². The first-order chi connectivity index (χ1) is 12.3. The normalized spacial score (nSPS) is 10.4. The van der Waals surface area contributed by atoms with Gasteiger partial charge in [-0.2, -0.15) is 0 Å². The van der Waals surface area contributed by atoms with E-state index in [0.29, 0.717) is 19.6 Å². The number of carbonyl (C=O) groups excluding carboxylic acids is 1. The monoisotopic (exact) mass is 352 g/mol. The maximum Gasteiger partial charge on any atom is 0.226 e. The van der Waals surface area contributed by atoms with E-state index in [1.807, 2.05) is 53.9 Å². The van der Waals surface area contributed by atoms with Crippen molar-refractivity contribution in [2.24, 2.45) is 0 Å². The number of amides is 1. The third-order valence-corrected chi connectivity index (χ3v) is 4.50. The van der Waals surface area contributed by atoms with E-state index in [1.54, 1.807) is 0 Å². The van der Waals surface area contributed by atoms with Gasteiger partial charge in [-0.3, -0.25) is 4.79 Å². The van der Waals surface area contributed by atoms with E-state index in [-0.39, 0.29) is 5.91 Å². The highest BCUT2D eigenvalue weighted by Gasteiger charge is 2.08. The van der Waals surface area contributed by atoms with E-state index < -0.39 is 0 Å². The third-order valence-electron chi connectivity index (χ3n) is 3.63. The summed E-state index contributed by atoms with van der Waals surface area (Å²) in [6.45, 7) is 1.06. The number of para-hydroxylation sites is 1. The summed E-state index contributed by atoms with van der Waals surface area (Å²) < 4.78 is 5.67. The first-order valence-electron chi connectivity index (χ1n) is 8.21. The Balaban J connectivity index is 1.40. The lowest BCUT2D eigenvalue weighted by atomic mass is 10.1. The number of aromatic nitrogens is 1. The van der Waals surface area contributed by atoms with E-state index in [1.165, 1.54) is 16.9 Å². The molecule has 4 nitrogen and oxygen atoms in total. The molecule has 25 heavy (non-hydrogen) atoms. The molecule has 0 aliphatic carbocycles. The summed E-state index contributed by atoms with van der Waals surface area (Å²) in [5.74, 6) is 0.815. The molecule has 2 aromatic carbocycles. The van der Waals surface area contributed by atoms with Gasteiger partial charge in [0.25, 0.3) is 0 Å². The van der Waals surface area contributed by atoms with Crippen LogP contribution in [-0.2, 0) is 24.2 Å². The van der Waals surface area contributed by atoms with Gasteiger partial charge in [0.1, 0.15) is 17.4 Å². The molecule has 0 bridgehead atoms. The molecule has 0 spiro atoms. The van der Waals surface area contributed by atoms with Crippen molar-refractivity contribution >= 4 is 17.2 Å². The zero-order valence-corrected chi connectivity index (χ0v) is 14.7. The zero-order chi connectivity index (χ0) is 17.3. The Morgan fingerprint density at radius 3 is 2.52 bits per heavy atom. The van der Waals surface area contributed by atoms with E-state index in [0.717, 1.165) is 22.9 Å². The molecular formula is C20H20N2O2S. The van der Waals surface area contributed by atoms with Crippen molar-refractivity contribution in [3.63, 3.8) is 0 Å². The minimum atomic E-state index is -0.00300. The molecule has 0 aliphatic rings. The minimum Gasteiger partial charge on any atom is -0.486 e. The summed E-state index contributed by atoms with van der Waals surface area (Å²) in [4.78, 5) is 16.5. The van der Waals surface area contributed by atoms with Gasteiger partial charge in [0.2, 0.25) is 5.91 Å². The molecule has 1 aromatic heterocycles. The fourth-order valence-electron chi connectivity index (χ4n) is 2.38. The predicted octanol–water partition coefficient (Wildman–Crippen LogP) is 3.62. The Morgan fingerprint density at radius 2 is 1.76 bits per heavy atom. The number of nitrogens with zero attached hydrogens (tertiary/aromatic N) is 1. The molecule has 1 N–H and O–H groups in total. The third kappa shape index (κ3) is 5.72. The van der Waals surface area contributed by atoms with Crippen LogP contribution in [0.25, 0.3) is 0 Å². The average Bonchev–Trinajstić information content (AvgIpc) is 3.09. The number of benzene rings is 2. The van der Waals surface area contributed by atoms with Crippen molar-refractivity contribution in [1.29, 1.82) is 0 Å². The number of hydrogen-bond acceptors (Lipinski definition) is 4. The molecule has 1 amide bonds. The molecule has 0 radical (unpaired) electrons. The molecule has 0 fully saturated rings. The van der Waals surface area contributed by atoms with Gasteiger partial charge in [0.05, 0.1) is 12.1 Å². The Hall–Kier alpha value is -2.66. The lowest BCUT2D eigenvalue weighted by Crippen LogP contribution is -2.27. The molecule has 3 rings (SSSR count). The molecule has 5 heteroatoms. The number of rotatable bonds is 8. The van der Waals surface area contributed by atoms with Crippen LogP contribution in [0.5, 0.6) is 5.75 Å².